The maximum atomic E-state index is 9.59. The molecule has 0 radical (unpaired) electrons. The first kappa shape index (κ1) is 19.5. The molecule has 1 aromatic rings. The fraction of sp³-hybridized carbons (Fsp3) is 0.524. The first-order valence-electron chi connectivity index (χ1n) is 8.30. The average molecular weight is 313 g/mol. The summed E-state index contributed by atoms with van der Waals surface area (Å²) in [6, 6.07) is 6.35. The van der Waals surface area contributed by atoms with Gasteiger partial charge in [0.15, 0.2) is 0 Å². The van der Waals surface area contributed by atoms with Gasteiger partial charge in [-0.15, -0.1) is 0 Å². The molecule has 0 spiro atoms. The molecule has 0 aliphatic heterocycles. The van der Waals surface area contributed by atoms with Gasteiger partial charge in [0.05, 0.1) is 6.10 Å². The van der Waals surface area contributed by atoms with E-state index in [2.05, 4.69) is 75.8 Å². The van der Waals surface area contributed by atoms with Gasteiger partial charge in [-0.3, -0.25) is 4.90 Å². The van der Waals surface area contributed by atoms with Gasteiger partial charge in [0.25, 0.3) is 0 Å². The highest BCUT2D eigenvalue weighted by molar-refractivity contribution is 5.34. The van der Waals surface area contributed by atoms with E-state index in [9.17, 15) is 5.11 Å². The van der Waals surface area contributed by atoms with E-state index >= 15 is 0 Å². The molecule has 1 N–H and O–H groups in total. The topological polar surface area (TPSA) is 23.5 Å². The standard InChI is InChI=1S/C21H31NO/c1-17(23)15-19-11-10-12-20(18(19)2)16-22(6)14-9-7-8-13-21(3,4)5/h7,9-12,17,23H,14-16H2,1-6H3/b9-7+. The van der Waals surface area contributed by atoms with E-state index in [1.807, 2.05) is 13.0 Å². The third kappa shape index (κ3) is 8.02. The third-order valence-electron chi connectivity index (χ3n) is 3.58. The number of likely N-dealkylation sites (N-methyl/N-ethyl adjacent to an activating group) is 1. The molecule has 0 bridgehead atoms. The molecule has 0 fully saturated rings. The van der Waals surface area contributed by atoms with Crippen molar-refractivity contribution in [3.8, 4) is 11.8 Å². The number of rotatable bonds is 6. The SMILES string of the molecule is Cc1c(CC(C)O)cccc1CN(C)C/C=C/C#CC(C)(C)C. The molecule has 1 rings (SSSR count). The van der Waals surface area contributed by atoms with Crippen LogP contribution in [0.25, 0.3) is 0 Å². The zero-order valence-electron chi connectivity index (χ0n) is 15.5. The lowest BCUT2D eigenvalue weighted by atomic mass is 9.98. The molecule has 0 saturated carbocycles. The van der Waals surface area contributed by atoms with Gasteiger partial charge in [0, 0.05) is 18.5 Å². The molecule has 0 saturated heterocycles. The summed E-state index contributed by atoms with van der Waals surface area (Å²) in [7, 11) is 2.11. The van der Waals surface area contributed by atoms with Crippen LogP contribution in [0.2, 0.25) is 0 Å². The Kier molecular flexibility index (Phi) is 7.55. The third-order valence-corrected chi connectivity index (χ3v) is 3.58. The molecule has 1 aromatic carbocycles. The van der Waals surface area contributed by atoms with Crippen molar-refractivity contribution in [2.24, 2.45) is 5.41 Å². The first-order chi connectivity index (χ1) is 10.7. The second-order valence-electron chi connectivity index (χ2n) is 7.37. The molecule has 23 heavy (non-hydrogen) atoms. The summed E-state index contributed by atoms with van der Waals surface area (Å²) in [5, 5.41) is 9.59. The van der Waals surface area contributed by atoms with E-state index in [0.29, 0.717) is 6.42 Å². The number of aliphatic hydroxyl groups is 1. The minimum atomic E-state index is -0.300. The van der Waals surface area contributed by atoms with E-state index in [1.54, 1.807) is 0 Å². The van der Waals surface area contributed by atoms with E-state index in [1.165, 1.54) is 16.7 Å². The zero-order chi connectivity index (χ0) is 17.5. The molecular weight excluding hydrogens is 282 g/mol. The van der Waals surface area contributed by atoms with Gasteiger partial charge in [-0.2, -0.15) is 0 Å². The fourth-order valence-electron chi connectivity index (χ4n) is 2.35. The number of hydrogen-bond donors (Lipinski definition) is 1. The van der Waals surface area contributed by atoms with Crippen LogP contribution in [0.1, 0.15) is 44.4 Å². The van der Waals surface area contributed by atoms with E-state index < -0.39 is 0 Å². The van der Waals surface area contributed by atoms with Crippen molar-refractivity contribution >= 4 is 0 Å². The van der Waals surface area contributed by atoms with Crippen LogP contribution in [-0.2, 0) is 13.0 Å². The van der Waals surface area contributed by atoms with E-state index in [4.69, 9.17) is 0 Å². The average Bonchev–Trinajstić information content (AvgIpc) is 2.41. The lowest BCUT2D eigenvalue weighted by Crippen LogP contribution is -2.19. The number of hydrogen-bond acceptors (Lipinski definition) is 2. The molecule has 0 heterocycles. The second kappa shape index (κ2) is 8.91. The van der Waals surface area contributed by atoms with Gasteiger partial charge in [0.1, 0.15) is 0 Å². The fourth-order valence-corrected chi connectivity index (χ4v) is 2.35. The van der Waals surface area contributed by atoms with Crippen molar-refractivity contribution in [2.45, 2.75) is 53.7 Å². The van der Waals surface area contributed by atoms with E-state index in [0.717, 1.165) is 13.1 Å². The van der Waals surface area contributed by atoms with Crippen LogP contribution < -0.4 is 0 Å². The maximum absolute atomic E-state index is 9.59. The molecule has 0 aliphatic carbocycles. The highest BCUT2D eigenvalue weighted by Crippen LogP contribution is 2.17. The largest absolute Gasteiger partial charge is 0.393 e. The normalized spacial score (nSPS) is 13.2. The van der Waals surface area contributed by atoms with Crippen LogP contribution in [0, 0.1) is 24.2 Å². The molecule has 0 aliphatic rings. The second-order valence-corrected chi connectivity index (χ2v) is 7.37. The lowest BCUT2D eigenvalue weighted by molar-refractivity contribution is 0.195. The summed E-state index contributed by atoms with van der Waals surface area (Å²) in [6.45, 7) is 12.1. The Bertz CT molecular complexity index is 582. The van der Waals surface area contributed by atoms with Gasteiger partial charge >= 0.3 is 0 Å². The highest BCUT2D eigenvalue weighted by Gasteiger charge is 2.08. The van der Waals surface area contributed by atoms with Crippen molar-refractivity contribution in [2.75, 3.05) is 13.6 Å². The van der Waals surface area contributed by atoms with Crippen molar-refractivity contribution in [3.05, 3.63) is 47.0 Å². The minimum Gasteiger partial charge on any atom is -0.393 e. The van der Waals surface area contributed by atoms with E-state index in [-0.39, 0.29) is 11.5 Å². The summed E-state index contributed by atoms with van der Waals surface area (Å²) in [5.74, 6) is 6.30. The van der Waals surface area contributed by atoms with Gasteiger partial charge in [-0.25, -0.2) is 0 Å². The van der Waals surface area contributed by atoms with Gasteiger partial charge < -0.3 is 5.11 Å². The number of benzene rings is 1. The Labute approximate surface area is 142 Å². The van der Waals surface area contributed by atoms with Crippen LogP contribution in [0.15, 0.2) is 30.4 Å². The smallest absolute Gasteiger partial charge is 0.0552 e. The maximum Gasteiger partial charge on any atom is 0.0552 e. The first-order valence-corrected chi connectivity index (χ1v) is 8.30. The Morgan fingerprint density at radius 2 is 1.91 bits per heavy atom. The molecule has 2 nitrogen and oxygen atoms in total. The molecule has 2 heteroatoms. The minimum absolute atomic E-state index is 0.0532. The molecule has 0 aromatic heterocycles. The molecule has 1 unspecified atom stereocenters. The molecule has 0 amide bonds. The molecule has 1 atom stereocenters. The van der Waals surface area contributed by atoms with Gasteiger partial charge in [0.2, 0.25) is 0 Å². The van der Waals surface area contributed by atoms with Crippen LogP contribution in [0.5, 0.6) is 0 Å². The summed E-state index contributed by atoms with van der Waals surface area (Å²) in [5.41, 5.74) is 3.89. The summed E-state index contributed by atoms with van der Waals surface area (Å²) in [6.07, 6.45) is 4.46. The predicted octanol–water partition coefficient (Wildman–Crippen LogP) is 3.96. The highest BCUT2D eigenvalue weighted by atomic mass is 16.3. The lowest BCUT2D eigenvalue weighted by Gasteiger charge is -2.18. The Morgan fingerprint density at radius 3 is 2.52 bits per heavy atom. The molecular formula is C21H31NO. The number of nitrogens with zero attached hydrogens (tertiary/aromatic N) is 1. The van der Waals surface area contributed by atoms with Crippen LogP contribution in [0.4, 0.5) is 0 Å². The Morgan fingerprint density at radius 1 is 1.26 bits per heavy atom. The van der Waals surface area contributed by atoms with Crippen LogP contribution >= 0.6 is 0 Å². The van der Waals surface area contributed by atoms with Crippen molar-refractivity contribution in [1.29, 1.82) is 0 Å². The molecule has 126 valence electrons. The van der Waals surface area contributed by atoms with Crippen LogP contribution in [0.3, 0.4) is 0 Å². The zero-order valence-corrected chi connectivity index (χ0v) is 15.5. The van der Waals surface area contributed by atoms with Crippen molar-refractivity contribution < 1.29 is 5.11 Å². The van der Waals surface area contributed by atoms with Gasteiger partial charge in [-0.05, 0) is 70.9 Å². The number of aliphatic hydroxyl groups excluding tert-OH is 1. The summed E-state index contributed by atoms with van der Waals surface area (Å²) < 4.78 is 0. The van der Waals surface area contributed by atoms with Gasteiger partial charge in [-0.1, -0.05) is 36.1 Å². The quantitative estimate of drug-likeness (QED) is 0.804. The predicted molar refractivity (Wildman–Crippen MR) is 99.3 cm³/mol. The Hall–Kier alpha value is -1.56. The Balaban J connectivity index is 2.62. The summed E-state index contributed by atoms with van der Waals surface area (Å²) in [4.78, 5) is 2.27. The van der Waals surface area contributed by atoms with Crippen molar-refractivity contribution in [1.82, 2.24) is 4.90 Å². The summed E-state index contributed by atoms with van der Waals surface area (Å²) >= 11 is 0. The number of allylic oxidation sites excluding steroid dienone is 1. The van der Waals surface area contributed by atoms with Crippen molar-refractivity contribution in [3.63, 3.8) is 0 Å². The monoisotopic (exact) mass is 313 g/mol. The van der Waals surface area contributed by atoms with Crippen LogP contribution in [-0.4, -0.2) is 29.7 Å².